The second-order valence-electron chi connectivity index (χ2n) is 13.6. The molecule has 4 aliphatic rings. The molecule has 3 N–H and O–H groups in total. The summed E-state index contributed by atoms with van der Waals surface area (Å²) in [6, 6.07) is 2.33. The van der Waals surface area contributed by atoms with Gasteiger partial charge in [0.2, 0.25) is 0 Å². The minimum Gasteiger partial charge on any atom is -0.503 e. The van der Waals surface area contributed by atoms with Crippen molar-refractivity contribution in [3.8, 4) is 5.75 Å². The Morgan fingerprint density at radius 2 is 1.62 bits per heavy atom. The fourth-order valence-corrected chi connectivity index (χ4v) is 10.2. The van der Waals surface area contributed by atoms with Crippen LogP contribution in [0.2, 0.25) is 0 Å². The van der Waals surface area contributed by atoms with Crippen LogP contribution in [0.25, 0.3) is 6.08 Å². The summed E-state index contributed by atoms with van der Waals surface area (Å²) in [6.07, 6.45) is 12.6. The molecule has 0 radical (unpaired) electrons. The van der Waals surface area contributed by atoms with Crippen LogP contribution in [0.5, 0.6) is 5.75 Å². The highest BCUT2D eigenvalue weighted by Gasteiger charge is 2.64. The molecule has 0 amide bonds. The van der Waals surface area contributed by atoms with Crippen molar-refractivity contribution in [1.82, 2.24) is 0 Å². The van der Waals surface area contributed by atoms with Gasteiger partial charge in [0.25, 0.3) is 0 Å². The molecule has 4 fully saturated rings. The number of aromatic hydroxyl groups is 1. The quantitative estimate of drug-likeness (QED) is 0.384. The fourth-order valence-electron chi connectivity index (χ4n) is 10.2. The molecule has 1 aromatic carbocycles. The van der Waals surface area contributed by atoms with Gasteiger partial charge in [-0.2, -0.15) is 0 Å². The largest absolute Gasteiger partial charge is 0.503 e. The van der Waals surface area contributed by atoms with Crippen molar-refractivity contribution in [3.63, 3.8) is 0 Å². The van der Waals surface area contributed by atoms with Crippen molar-refractivity contribution in [1.29, 1.82) is 0 Å². The molecular weight excluding hydrogens is 470 g/mol. The lowest BCUT2D eigenvalue weighted by atomic mass is 9.41. The van der Waals surface area contributed by atoms with E-state index in [1.165, 1.54) is 37.8 Å². The van der Waals surface area contributed by atoms with E-state index < -0.39 is 17.4 Å². The Morgan fingerprint density at radius 1 is 0.973 bits per heavy atom. The lowest BCUT2D eigenvalue weighted by molar-refractivity contribution is -0.203. The SMILES string of the molecule is CC[C@H]1[C@@H](O)[C@@H]2[C@H](CC[C@]3(C)[C@@H]([C@H](C)C/C=C/c4cc(F)c(O)c(F)c4)CC[C@@H]23)[C@@]2(C)CC[C@@H](O)C[C@@H]12. The van der Waals surface area contributed by atoms with Crippen molar-refractivity contribution >= 4 is 6.08 Å². The van der Waals surface area contributed by atoms with Gasteiger partial charge in [0.1, 0.15) is 0 Å². The van der Waals surface area contributed by atoms with Crippen LogP contribution in [0, 0.1) is 63.9 Å². The molecule has 0 saturated heterocycles. The van der Waals surface area contributed by atoms with E-state index in [1.807, 2.05) is 6.08 Å². The highest BCUT2D eigenvalue weighted by atomic mass is 19.1. The molecule has 3 nitrogen and oxygen atoms in total. The first kappa shape index (κ1) is 27.1. The van der Waals surface area contributed by atoms with Gasteiger partial charge in [-0.05, 0) is 121 Å². The van der Waals surface area contributed by atoms with Gasteiger partial charge in [-0.3, -0.25) is 0 Å². The van der Waals surface area contributed by atoms with Crippen LogP contribution in [0.4, 0.5) is 8.78 Å². The molecule has 5 heteroatoms. The normalized spacial score (nSPS) is 44.3. The Kier molecular flexibility index (Phi) is 7.28. The van der Waals surface area contributed by atoms with Crippen LogP contribution < -0.4 is 0 Å². The van der Waals surface area contributed by atoms with Crippen molar-refractivity contribution in [2.45, 2.75) is 97.7 Å². The monoisotopic (exact) mass is 516 g/mol. The topological polar surface area (TPSA) is 60.7 Å². The number of phenols is 1. The lowest BCUT2D eigenvalue weighted by Gasteiger charge is -2.64. The Balaban J connectivity index is 1.34. The number of benzene rings is 1. The van der Waals surface area contributed by atoms with Crippen molar-refractivity contribution in [3.05, 3.63) is 35.4 Å². The molecule has 0 aromatic heterocycles. The zero-order chi connectivity index (χ0) is 26.7. The molecule has 4 aliphatic carbocycles. The third-order valence-electron chi connectivity index (χ3n) is 12.0. The van der Waals surface area contributed by atoms with E-state index in [2.05, 4.69) is 27.7 Å². The van der Waals surface area contributed by atoms with E-state index >= 15 is 0 Å². The van der Waals surface area contributed by atoms with Crippen LogP contribution in [0.15, 0.2) is 18.2 Å². The maximum absolute atomic E-state index is 13.7. The molecule has 37 heavy (non-hydrogen) atoms. The molecule has 0 heterocycles. The smallest absolute Gasteiger partial charge is 0.187 e. The fraction of sp³-hybridized carbons (Fsp3) is 0.750. The first-order valence-electron chi connectivity index (χ1n) is 14.7. The summed E-state index contributed by atoms with van der Waals surface area (Å²) in [5, 5.41) is 31.7. The average molecular weight is 517 g/mol. The Hall–Kier alpha value is -1.46. The molecule has 0 unspecified atom stereocenters. The summed E-state index contributed by atoms with van der Waals surface area (Å²) < 4.78 is 27.4. The van der Waals surface area contributed by atoms with Crippen molar-refractivity contribution in [2.75, 3.05) is 0 Å². The number of halogens is 2. The summed E-state index contributed by atoms with van der Waals surface area (Å²) >= 11 is 0. The molecule has 1 aromatic rings. The standard InChI is InChI=1S/C32H46F2O3/c1-5-21-25-17-20(35)11-13-32(25,4)24-12-14-31(3)22(9-10-23(31)28(24)29(21)36)18(2)7-6-8-19-15-26(33)30(37)27(34)16-19/h6,8,15-16,18,20-25,28-29,35-37H,5,7,9-14,17H2,1-4H3/b8-6+/t18-,20-,21-,22-,23+,24+,25+,28+,29-,31-,32-/m1/s1. The van der Waals surface area contributed by atoms with Gasteiger partial charge in [-0.15, -0.1) is 0 Å². The van der Waals surface area contributed by atoms with E-state index in [0.29, 0.717) is 41.1 Å². The molecule has 5 rings (SSSR count). The summed E-state index contributed by atoms with van der Waals surface area (Å²) in [5.74, 6) is 0.290. The molecule has 206 valence electrons. The molecular formula is C32H46F2O3. The van der Waals surface area contributed by atoms with Crippen molar-refractivity contribution < 1.29 is 24.1 Å². The molecule has 0 aliphatic heterocycles. The Labute approximate surface area is 221 Å². The number of hydrogen-bond donors (Lipinski definition) is 3. The maximum atomic E-state index is 13.7. The van der Waals surface area contributed by atoms with Gasteiger partial charge >= 0.3 is 0 Å². The number of fused-ring (bicyclic) bond motifs is 5. The zero-order valence-corrected chi connectivity index (χ0v) is 23.0. The van der Waals surface area contributed by atoms with E-state index in [-0.39, 0.29) is 29.0 Å². The predicted octanol–water partition coefficient (Wildman–Crippen LogP) is 7.34. The summed E-state index contributed by atoms with van der Waals surface area (Å²) in [6.45, 7) is 9.48. The minimum absolute atomic E-state index is 0.196. The van der Waals surface area contributed by atoms with Crippen LogP contribution in [0.1, 0.15) is 91.0 Å². The van der Waals surface area contributed by atoms with E-state index in [1.54, 1.807) is 6.08 Å². The van der Waals surface area contributed by atoms with E-state index in [9.17, 15) is 24.1 Å². The second-order valence-corrected chi connectivity index (χ2v) is 13.6. The number of aliphatic hydroxyl groups excluding tert-OH is 2. The summed E-state index contributed by atoms with van der Waals surface area (Å²) in [5.41, 5.74) is 0.834. The predicted molar refractivity (Wildman–Crippen MR) is 143 cm³/mol. The van der Waals surface area contributed by atoms with Gasteiger partial charge in [0, 0.05) is 0 Å². The second kappa shape index (κ2) is 9.93. The van der Waals surface area contributed by atoms with Gasteiger partial charge in [0.15, 0.2) is 17.4 Å². The van der Waals surface area contributed by atoms with Gasteiger partial charge in [-0.25, -0.2) is 8.78 Å². The molecule has 11 atom stereocenters. The highest BCUT2D eigenvalue weighted by Crippen LogP contribution is 2.69. The number of phenolic OH excluding ortho intramolecular Hbond substituents is 1. The van der Waals surface area contributed by atoms with Gasteiger partial charge < -0.3 is 15.3 Å². The third-order valence-corrected chi connectivity index (χ3v) is 12.0. The number of aliphatic hydroxyl groups is 2. The van der Waals surface area contributed by atoms with Gasteiger partial charge in [0.05, 0.1) is 12.2 Å². The maximum Gasteiger partial charge on any atom is 0.187 e. The van der Waals surface area contributed by atoms with Gasteiger partial charge in [-0.1, -0.05) is 46.3 Å². The molecule has 4 saturated carbocycles. The zero-order valence-electron chi connectivity index (χ0n) is 23.0. The third kappa shape index (κ3) is 4.36. The van der Waals surface area contributed by atoms with Crippen LogP contribution >= 0.6 is 0 Å². The Bertz CT molecular complexity index is 1000. The lowest BCUT2D eigenvalue weighted by Crippen LogP contribution is -2.62. The number of hydrogen-bond acceptors (Lipinski definition) is 3. The highest BCUT2D eigenvalue weighted by molar-refractivity contribution is 5.51. The van der Waals surface area contributed by atoms with Crippen LogP contribution in [-0.2, 0) is 0 Å². The molecule has 0 spiro atoms. The van der Waals surface area contributed by atoms with E-state index in [0.717, 1.165) is 32.1 Å². The molecule has 0 bridgehead atoms. The summed E-state index contributed by atoms with van der Waals surface area (Å²) in [4.78, 5) is 0. The van der Waals surface area contributed by atoms with Crippen LogP contribution in [-0.4, -0.2) is 27.5 Å². The minimum atomic E-state index is -0.935. The average Bonchev–Trinajstić information content (AvgIpc) is 3.21. The number of rotatable bonds is 5. The van der Waals surface area contributed by atoms with E-state index in [4.69, 9.17) is 0 Å². The van der Waals surface area contributed by atoms with Crippen LogP contribution in [0.3, 0.4) is 0 Å². The first-order chi connectivity index (χ1) is 17.5. The Morgan fingerprint density at radius 3 is 2.30 bits per heavy atom. The van der Waals surface area contributed by atoms with Crippen molar-refractivity contribution in [2.24, 2.45) is 52.3 Å². The first-order valence-corrected chi connectivity index (χ1v) is 14.7. The summed E-state index contributed by atoms with van der Waals surface area (Å²) in [7, 11) is 0. The number of allylic oxidation sites excluding steroid dienone is 1.